The molecule has 1 aliphatic rings. The average molecular weight is 284 g/mol. The molecular weight excluding hydrogens is 266 g/mol. The van der Waals surface area contributed by atoms with Gasteiger partial charge in [0.15, 0.2) is 0 Å². The Balaban J connectivity index is 1.69. The number of rotatable bonds is 6. The van der Waals surface area contributed by atoms with Crippen LogP contribution in [-0.4, -0.2) is 19.7 Å². The summed E-state index contributed by atoms with van der Waals surface area (Å²) < 4.78 is 6.80. The first kappa shape index (κ1) is 11.9. The minimum absolute atomic E-state index is 0.740. The smallest absolute Gasteiger partial charge is 0.123 e. The second kappa shape index (κ2) is 5.69. The largest absolute Gasteiger partial charge is 0.492 e. The van der Waals surface area contributed by atoms with Crippen LogP contribution in [0.4, 0.5) is 0 Å². The molecule has 3 heteroatoms. The van der Waals surface area contributed by atoms with E-state index in [4.69, 9.17) is 4.74 Å². The van der Waals surface area contributed by atoms with Gasteiger partial charge in [-0.15, -0.1) is 0 Å². The molecule has 0 spiro atoms. The molecule has 2 rings (SSSR count). The van der Waals surface area contributed by atoms with Crippen molar-refractivity contribution in [1.82, 2.24) is 5.32 Å². The Morgan fingerprint density at radius 3 is 3.00 bits per heavy atom. The van der Waals surface area contributed by atoms with E-state index in [9.17, 15) is 0 Å². The summed E-state index contributed by atoms with van der Waals surface area (Å²) in [5.74, 6) is 1.91. The van der Waals surface area contributed by atoms with Gasteiger partial charge in [-0.05, 0) is 49.9 Å². The van der Waals surface area contributed by atoms with Crippen LogP contribution in [-0.2, 0) is 0 Å². The molecule has 1 N–H and O–H groups in total. The van der Waals surface area contributed by atoms with Gasteiger partial charge in [0.25, 0.3) is 0 Å². The first-order valence-corrected chi connectivity index (χ1v) is 6.64. The maximum Gasteiger partial charge on any atom is 0.123 e. The van der Waals surface area contributed by atoms with Crippen molar-refractivity contribution in [3.8, 4) is 5.75 Å². The molecule has 1 aromatic carbocycles. The number of hydrogen-bond donors (Lipinski definition) is 1. The van der Waals surface area contributed by atoms with Crippen molar-refractivity contribution in [2.75, 3.05) is 19.7 Å². The minimum atomic E-state index is 0.740. The molecule has 1 aliphatic carbocycles. The highest BCUT2D eigenvalue weighted by Gasteiger charge is 2.19. The van der Waals surface area contributed by atoms with E-state index in [2.05, 4.69) is 34.2 Å². The van der Waals surface area contributed by atoms with Crippen LogP contribution in [0, 0.1) is 12.8 Å². The van der Waals surface area contributed by atoms with Gasteiger partial charge in [-0.1, -0.05) is 22.0 Å². The molecule has 0 saturated heterocycles. The molecule has 0 bridgehead atoms. The van der Waals surface area contributed by atoms with Crippen molar-refractivity contribution in [1.29, 1.82) is 0 Å². The van der Waals surface area contributed by atoms with E-state index in [0.29, 0.717) is 0 Å². The molecule has 0 heterocycles. The van der Waals surface area contributed by atoms with Crippen LogP contribution >= 0.6 is 15.9 Å². The van der Waals surface area contributed by atoms with E-state index in [1.165, 1.54) is 18.4 Å². The first-order chi connectivity index (χ1) is 7.75. The number of nitrogens with one attached hydrogen (secondary N) is 1. The molecule has 0 aliphatic heterocycles. The Bertz CT molecular complexity index is 350. The summed E-state index contributed by atoms with van der Waals surface area (Å²) in [7, 11) is 0. The molecule has 0 amide bonds. The van der Waals surface area contributed by atoms with Gasteiger partial charge < -0.3 is 10.1 Å². The Kier molecular flexibility index (Phi) is 4.24. The fourth-order valence-corrected chi connectivity index (χ4v) is 1.93. The molecule has 1 saturated carbocycles. The van der Waals surface area contributed by atoms with Crippen LogP contribution in [0.2, 0.25) is 0 Å². The zero-order valence-electron chi connectivity index (χ0n) is 9.63. The van der Waals surface area contributed by atoms with Crippen LogP contribution < -0.4 is 10.1 Å². The zero-order valence-corrected chi connectivity index (χ0v) is 11.2. The van der Waals surface area contributed by atoms with Crippen molar-refractivity contribution in [3.05, 3.63) is 28.2 Å². The number of halogens is 1. The molecule has 0 unspecified atom stereocenters. The molecule has 16 heavy (non-hydrogen) atoms. The van der Waals surface area contributed by atoms with Crippen LogP contribution in [0.1, 0.15) is 18.4 Å². The Morgan fingerprint density at radius 1 is 1.44 bits per heavy atom. The van der Waals surface area contributed by atoms with Crippen molar-refractivity contribution < 1.29 is 4.74 Å². The Labute approximate surface area is 106 Å². The third-order valence-electron chi connectivity index (χ3n) is 2.82. The van der Waals surface area contributed by atoms with Crippen LogP contribution in [0.25, 0.3) is 0 Å². The maximum absolute atomic E-state index is 5.73. The van der Waals surface area contributed by atoms with Gasteiger partial charge in [-0.3, -0.25) is 0 Å². The van der Waals surface area contributed by atoms with E-state index in [1.807, 2.05) is 12.1 Å². The van der Waals surface area contributed by atoms with E-state index < -0.39 is 0 Å². The van der Waals surface area contributed by atoms with Gasteiger partial charge in [0.05, 0.1) is 0 Å². The van der Waals surface area contributed by atoms with Crippen LogP contribution in [0.5, 0.6) is 5.75 Å². The normalized spacial score (nSPS) is 15.1. The van der Waals surface area contributed by atoms with E-state index in [0.717, 1.165) is 35.8 Å². The summed E-state index contributed by atoms with van der Waals surface area (Å²) in [6.45, 7) is 4.90. The molecule has 1 aromatic rings. The lowest BCUT2D eigenvalue weighted by atomic mass is 10.2. The number of ether oxygens (including phenoxy) is 1. The van der Waals surface area contributed by atoms with Gasteiger partial charge in [-0.25, -0.2) is 0 Å². The summed E-state index contributed by atoms with van der Waals surface area (Å²) in [5, 5.41) is 3.41. The molecule has 0 atom stereocenters. The highest BCUT2D eigenvalue weighted by molar-refractivity contribution is 9.10. The van der Waals surface area contributed by atoms with Crippen molar-refractivity contribution in [2.45, 2.75) is 19.8 Å². The van der Waals surface area contributed by atoms with Crippen molar-refractivity contribution in [2.24, 2.45) is 5.92 Å². The zero-order chi connectivity index (χ0) is 11.4. The molecule has 88 valence electrons. The lowest BCUT2D eigenvalue weighted by Crippen LogP contribution is -2.23. The van der Waals surface area contributed by atoms with Gasteiger partial charge in [0.2, 0.25) is 0 Å². The maximum atomic E-state index is 5.73. The van der Waals surface area contributed by atoms with Crippen molar-refractivity contribution in [3.63, 3.8) is 0 Å². The summed E-state index contributed by atoms with van der Waals surface area (Å²) in [4.78, 5) is 0. The standard InChI is InChI=1S/C13H18BrNO/c1-10-2-5-12(14)8-13(10)16-7-6-15-9-11-3-4-11/h2,5,8,11,15H,3-4,6-7,9H2,1H3. The average Bonchev–Trinajstić information content (AvgIpc) is 3.06. The van der Waals surface area contributed by atoms with Crippen LogP contribution in [0.15, 0.2) is 22.7 Å². The predicted octanol–water partition coefficient (Wildman–Crippen LogP) is 3.14. The topological polar surface area (TPSA) is 21.3 Å². The van der Waals surface area contributed by atoms with Gasteiger partial charge in [0.1, 0.15) is 12.4 Å². The number of aryl methyl sites for hydroxylation is 1. The van der Waals surface area contributed by atoms with Gasteiger partial charge in [-0.2, -0.15) is 0 Å². The third kappa shape index (κ3) is 3.80. The highest BCUT2D eigenvalue weighted by Crippen LogP contribution is 2.27. The summed E-state index contributed by atoms with van der Waals surface area (Å²) in [5.41, 5.74) is 1.19. The molecule has 0 radical (unpaired) electrons. The number of hydrogen-bond acceptors (Lipinski definition) is 2. The van der Waals surface area contributed by atoms with E-state index in [1.54, 1.807) is 0 Å². The highest BCUT2D eigenvalue weighted by atomic mass is 79.9. The number of benzene rings is 1. The third-order valence-corrected chi connectivity index (χ3v) is 3.31. The SMILES string of the molecule is Cc1ccc(Br)cc1OCCNCC1CC1. The lowest BCUT2D eigenvalue weighted by Gasteiger charge is -2.10. The van der Waals surface area contributed by atoms with E-state index in [-0.39, 0.29) is 0 Å². The molecular formula is C13H18BrNO. The predicted molar refractivity (Wildman–Crippen MR) is 70.0 cm³/mol. The second-order valence-electron chi connectivity index (χ2n) is 4.41. The van der Waals surface area contributed by atoms with Gasteiger partial charge >= 0.3 is 0 Å². The quantitative estimate of drug-likeness (QED) is 0.810. The van der Waals surface area contributed by atoms with E-state index >= 15 is 0 Å². The summed E-state index contributed by atoms with van der Waals surface area (Å²) in [6.07, 6.45) is 2.80. The monoisotopic (exact) mass is 283 g/mol. The lowest BCUT2D eigenvalue weighted by molar-refractivity contribution is 0.311. The fourth-order valence-electron chi connectivity index (χ4n) is 1.59. The molecule has 1 fully saturated rings. The molecule has 0 aromatic heterocycles. The molecule has 2 nitrogen and oxygen atoms in total. The van der Waals surface area contributed by atoms with Gasteiger partial charge in [0, 0.05) is 11.0 Å². The Hall–Kier alpha value is -0.540. The minimum Gasteiger partial charge on any atom is -0.492 e. The first-order valence-electron chi connectivity index (χ1n) is 5.85. The summed E-state index contributed by atoms with van der Waals surface area (Å²) in [6, 6.07) is 6.13. The van der Waals surface area contributed by atoms with Crippen LogP contribution in [0.3, 0.4) is 0 Å². The fraction of sp³-hybridized carbons (Fsp3) is 0.538. The summed E-state index contributed by atoms with van der Waals surface area (Å²) >= 11 is 3.45. The van der Waals surface area contributed by atoms with Crippen molar-refractivity contribution >= 4 is 15.9 Å². The second-order valence-corrected chi connectivity index (χ2v) is 5.32. The Morgan fingerprint density at radius 2 is 2.25 bits per heavy atom.